The number of hydrogen-bond acceptors (Lipinski definition) is 9. The van der Waals surface area contributed by atoms with Gasteiger partial charge in [-0.2, -0.15) is 0 Å². The molecule has 1 saturated heterocycles. The van der Waals surface area contributed by atoms with Gasteiger partial charge in [0.05, 0.1) is 37.3 Å². The first-order chi connectivity index (χ1) is 28.7. The normalized spacial score (nSPS) is 23.6. The van der Waals surface area contributed by atoms with Crippen molar-refractivity contribution in [2.75, 3.05) is 14.2 Å². The van der Waals surface area contributed by atoms with Crippen LogP contribution in [0.4, 0.5) is 9.59 Å². The van der Waals surface area contributed by atoms with E-state index in [9.17, 15) is 19.5 Å². The zero-order valence-corrected chi connectivity index (χ0v) is 35.9. The minimum Gasteiger partial charge on any atom is -0.453 e. The Kier molecular flexibility index (Phi) is 11.3. The highest BCUT2D eigenvalue weighted by molar-refractivity contribution is 6.32. The van der Waals surface area contributed by atoms with E-state index in [2.05, 4.69) is 80.2 Å². The largest absolute Gasteiger partial charge is 0.453 e. The van der Waals surface area contributed by atoms with Crippen molar-refractivity contribution in [2.24, 2.45) is 23.2 Å². The lowest BCUT2D eigenvalue weighted by Crippen LogP contribution is -2.55. The fraction of sp³-hybridized carbons (Fsp3) is 0.489. The second-order valence-electron chi connectivity index (χ2n) is 17.8. The van der Waals surface area contributed by atoms with Crippen molar-refractivity contribution < 1.29 is 29.0 Å². The van der Waals surface area contributed by atoms with Crippen LogP contribution in [-0.2, 0) is 20.7 Å². The summed E-state index contributed by atoms with van der Waals surface area (Å²) in [5, 5.41) is 22.8. The highest BCUT2D eigenvalue weighted by Crippen LogP contribution is 2.54. The fourth-order valence-corrected chi connectivity index (χ4v) is 9.28. The van der Waals surface area contributed by atoms with Crippen molar-refractivity contribution >= 4 is 51.5 Å². The van der Waals surface area contributed by atoms with Crippen molar-refractivity contribution in [1.82, 2.24) is 40.8 Å². The second kappa shape index (κ2) is 16.4. The molecule has 3 aliphatic rings. The first-order valence-corrected chi connectivity index (χ1v) is 21.3. The predicted molar refractivity (Wildman–Crippen MR) is 230 cm³/mol. The molecule has 3 amide bonds. The summed E-state index contributed by atoms with van der Waals surface area (Å²) >= 11 is 6.84. The number of methoxy groups -OCH3 is 2. The van der Waals surface area contributed by atoms with Crippen LogP contribution < -0.4 is 16.0 Å². The lowest BCUT2D eigenvalue weighted by molar-refractivity contribution is -0.124. The standard InChI is InChI=1S/C45H55ClN8O6/c1-22(2)36(51-43(57)59-6)41(55)49-34-21-45(34,5)15-14-35-47-30-13-12-27(18-31(30)48-35)25-8-9-26-17-28(11-10-24(26)16-25)38-39(46)53-40(50-38)33-20-29-19-32(29)54(33)42(56)37(23(3)4)52-44(58)60-7/h8-13,16-18,22-23,29,32-34,36-37,42,56H,14-15,19-21H2,1-7H3,(H,47,48)(H,49,55)(H,50,53)(H,51,57)(H,52,58). The molecule has 0 bridgehead atoms. The van der Waals surface area contributed by atoms with Crippen LogP contribution in [-0.4, -0.2) is 92.7 Å². The Morgan fingerprint density at radius 1 is 0.900 bits per heavy atom. The summed E-state index contributed by atoms with van der Waals surface area (Å²) in [6.45, 7) is 9.90. The highest BCUT2D eigenvalue weighted by Gasteiger charge is 2.56. The zero-order valence-electron chi connectivity index (χ0n) is 35.1. The number of aliphatic hydroxyl groups is 1. The van der Waals surface area contributed by atoms with Gasteiger partial charge in [0, 0.05) is 24.1 Å². The molecule has 3 heterocycles. The third-order valence-electron chi connectivity index (χ3n) is 12.9. The molecule has 3 fully saturated rings. The summed E-state index contributed by atoms with van der Waals surface area (Å²) < 4.78 is 9.55. The summed E-state index contributed by atoms with van der Waals surface area (Å²) in [4.78, 5) is 55.7. The highest BCUT2D eigenvalue weighted by atomic mass is 35.5. The van der Waals surface area contributed by atoms with E-state index < -0.39 is 30.5 Å². The molecule has 15 heteroatoms. The van der Waals surface area contributed by atoms with Gasteiger partial charge in [-0.15, -0.1) is 0 Å². The van der Waals surface area contributed by atoms with Crippen LogP contribution in [0, 0.1) is 23.2 Å². The van der Waals surface area contributed by atoms with Crippen molar-refractivity contribution in [3.63, 3.8) is 0 Å². The molecule has 0 spiro atoms. The maximum Gasteiger partial charge on any atom is 0.407 e. The maximum atomic E-state index is 13.0. The van der Waals surface area contributed by atoms with E-state index in [1.165, 1.54) is 14.2 Å². The number of ether oxygens (including phenoxy) is 2. The van der Waals surface area contributed by atoms with Crippen LogP contribution in [0.5, 0.6) is 0 Å². The summed E-state index contributed by atoms with van der Waals surface area (Å²) in [5.74, 6) is 1.77. The number of aromatic amines is 2. The van der Waals surface area contributed by atoms with E-state index >= 15 is 0 Å². The molecule has 6 N–H and O–H groups in total. The number of hydrogen-bond donors (Lipinski definition) is 6. The lowest BCUT2D eigenvalue weighted by atomic mass is 9.99. The van der Waals surface area contributed by atoms with Gasteiger partial charge in [-0.3, -0.25) is 9.69 Å². The van der Waals surface area contributed by atoms with E-state index in [4.69, 9.17) is 31.0 Å². The first-order valence-electron chi connectivity index (χ1n) is 20.9. The summed E-state index contributed by atoms with van der Waals surface area (Å²) in [5.41, 5.74) is 5.52. The number of halogens is 1. The number of H-pyrrole nitrogens is 2. The molecule has 318 valence electrons. The Morgan fingerprint density at radius 3 is 2.27 bits per heavy atom. The van der Waals surface area contributed by atoms with E-state index in [1.807, 2.05) is 39.8 Å². The van der Waals surface area contributed by atoms with Gasteiger partial charge in [0.1, 0.15) is 34.8 Å². The van der Waals surface area contributed by atoms with E-state index in [-0.39, 0.29) is 41.3 Å². The second-order valence-corrected chi connectivity index (χ2v) is 18.2. The van der Waals surface area contributed by atoms with Crippen molar-refractivity contribution in [2.45, 2.75) is 103 Å². The molecule has 5 aromatic rings. The molecule has 0 radical (unpaired) electrons. The smallest absolute Gasteiger partial charge is 0.407 e. The number of benzene rings is 3. The van der Waals surface area contributed by atoms with Gasteiger partial charge in [-0.25, -0.2) is 19.6 Å². The molecule has 1 aliphatic heterocycles. The summed E-state index contributed by atoms with van der Waals surface area (Å²) in [6.07, 6.45) is 2.22. The average Bonchev–Trinajstić information content (AvgIpc) is 3.90. The van der Waals surface area contributed by atoms with Crippen LogP contribution >= 0.6 is 11.6 Å². The number of likely N-dealkylation sites (tertiary alicyclic amines) is 1. The number of aryl methyl sites for hydroxylation is 1. The Hall–Kier alpha value is -5.18. The molecule has 8 atom stereocenters. The summed E-state index contributed by atoms with van der Waals surface area (Å²) in [6, 6.07) is 17.8. The number of aliphatic hydroxyl groups excluding tert-OH is 1. The van der Waals surface area contributed by atoms with E-state index in [1.54, 1.807) is 0 Å². The van der Waals surface area contributed by atoms with Gasteiger partial charge >= 0.3 is 12.2 Å². The molecule has 2 aromatic heterocycles. The molecule has 60 heavy (non-hydrogen) atoms. The van der Waals surface area contributed by atoms with Gasteiger partial charge in [-0.05, 0) is 95.0 Å². The van der Waals surface area contributed by atoms with Crippen molar-refractivity contribution in [3.8, 4) is 22.4 Å². The third-order valence-corrected chi connectivity index (χ3v) is 13.2. The molecular formula is C45H55ClN8O6. The molecule has 3 aromatic carbocycles. The number of nitrogens with zero attached hydrogens (tertiary/aromatic N) is 3. The van der Waals surface area contributed by atoms with E-state index in [0.29, 0.717) is 22.6 Å². The molecule has 2 saturated carbocycles. The van der Waals surface area contributed by atoms with Crippen LogP contribution in [0.25, 0.3) is 44.2 Å². The summed E-state index contributed by atoms with van der Waals surface area (Å²) in [7, 11) is 2.61. The lowest BCUT2D eigenvalue weighted by Gasteiger charge is -2.37. The van der Waals surface area contributed by atoms with Gasteiger partial charge in [0.25, 0.3) is 0 Å². The van der Waals surface area contributed by atoms with Crippen LogP contribution in [0.3, 0.4) is 0 Å². The van der Waals surface area contributed by atoms with Crippen LogP contribution in [0.1, 0.15) is 78.0 Å². The molecular weight excluding hydrogens is 784 g/mol. The Morgan fingerprint density at radius 2 is 1.57 bits per heavy atom. The number of piperidine rings is 1. The minimum atomic E-state index is -0.917. The predicted octanol–water partition coefficient (Wildman–Crippen LogP) is 7.47. The Bertz CT molecular complexity index is 2430. The van der Waals surface area contributed by atoms with Gasteiger partial charge in [-0.1, -0.05) is 76.6 Å². The van der Waals surface area contributed by atoms with Gasteiger partial charge in [0.15, 0.2) is 0 Å². The molecule has 14 nitrogen and oxygen atoms in total. The number of aromatic nitrogens is 4. The first kappa shape index (κ1) is 41.5. The molecule has 8 rings (SSSR count). The number of fused-ring (bicyclic) bond motifs is 3. The zero-order chi connectivity index (χ0) is 42.6. The Labute approximate surface area is 354 Å². The number of carbonyl (C=O) groups is 3. The topological polar surface area (TPSA) is 187 Å². The number of carbonyl (C=O) groups excluding carboxylic acids is 3. The van der Waals surface area contributed by atoms with E-state index in [0.717, 1.165) is 76.4 Å². The minimum absolute atomic E-state index is 0.0262. The van der Waals surface area contributed by atoms with Gasteiger partial charge in [0.2, 0.25) is 5.91 Å². The third kappa shape index (κ3) is 8.29. The number of nitrogens with one attached hydrogen (secondary N) is 5. The SMILES string of the molecule is COC(=O)NC(C(=O)NC1CC1(C)CCc1nc2ccc(-c3ccc4cc(-c5nc(C6CC7CC7N6C(O)C(NC(=O)OC)C(C)C)[nH]c5Cl)ccc4c3)cc2[nH]1)C(C)C. The number of amides is 3. The van der Waals surface area contributed by atoms with Crippen molar-refractivity contribution in [3.05, 3.63) is 71.4 Å². The fourth-order valence-electron chi connectivity index (χ4n) is 9.04. The quantitative estimate of drug-likeness (QED) is 0.0660. The molecule has 2 aliphatic carbocycles. The molecule has 8 unspecified atom stereocenters. The van der Waals surface area contributed by atoms with Crippen molar-refractivity contribution in [1.29, 1.82) is 0 Å². The number of imidazole rings is 2. The van der Waals surface area contributed by atoms with Crippen LogP contribution in [0.15, 0.2) is 54.6 Å². The number of alkyl carbamates (subject to hydrolysis) is 2. The maximum absolute atomic E-state index is 13.0. The average molecular weight is 839 g/mol. The monoisotopic (exact) mass is 838 g/mol. The van der Waals surface area contributed by atoms with Gasteiger partial charge < -0.3 is 40.5 Å². The van der Waals surface area contributed by atoms with Crippen LogP contribution in [0.2, 0.25) is 5.15 Å². The number of rotatable bonds is 14. The Balaban J connectivity index is 0.929.